The summed E-state index contributed by atoms with van der Waals surface area (Å²) < 4.78 is 7.53. The average Bonchev–Trinajstić information content (AvgIpc) is 3.27. The molecule has 0 radical (unpaired) electrons. The maximum atomic E-state index is 12.1. The molecule has 30 heavy (non-hydrogen) atoms. The second-order valence-electron chi connectivity index (χ2n) is 9.19. The molecule has 1 amide bonds. The van der Waals surface area contributed by atoms with Crippen LogP contribution in [0, 0.1) is 11.3 Å². The van der Waals surface area contributed by atoms with Crippen LogP contribution in [0.15, 0.2) is 18.2 Å². The Labute approximate surface area is 177 Å². The van der Waals surface area contributed by atoms with Crippen LogP contribution in [0.2, 0.25) is 0 Å². The van der Waals surface area contributed by atoms with E-state index in [0.717, 1.165) is 23.9 Å². The van der Waals surface area contributed by atoms with E-state index in [0.29, 0.717) is 24.9 Å². The number of rotatable bonds is 4. The van der Waals surface area contributed by atoms with Gasteiger partial charge in [-0.1, -0.05) is 0 Å². The van der Waals surface area contributed by atoms with Gasteiger partial charge in [0.1, 0.15) is 0 Å². The molecule has 3 atom stereocenters. The molecule has 0 bridgehead atoms. The first-order valence-electron chi connectivity index (χ1n) is 10.6. The van der Waals surface area contributed by atoms with Gasteiger partial charge in [-0.2, -0.15) is 5.26 Å². The normalized spacial score (nSPS) is 26.2. The number of carbonyl (C=O) groups is 1. The minimum absolute atomic E-state index is 0.00533. The molecule has 2 N–H and O–H groups in total. The van der Waals surface area contributed by atoms with Gasteiger partial charge in [0.2, 0.25) is 0 Å². The summed E-state index contributed by atoms with van der Waals surface area (Å²) in [6.45, 7) is 7.11. The Morgan fingerprint density at radius 2 is 2.20 bits per heavy atom. The zero-order valence-electron chi connectivity index (χ0n) is 18.1. The van der Waals surface area contributed by atoms with Crippen LogP contribution in [-0.4, -0.2) is 58.0 Å². The van der Waals surface area contributed by atoms with Crippen molar-refractivity contribution in [1.82, 2.24) is 14.8 Å². The molecule has 0 saturated carbocycles. The van der Waals surface area contributed by atoms with Crippen LogP contribution in [0.25, 0.3) is 10.9 Å². The van der Waals surface area contributed by atoms with Crippen LogP contribution in [0.1, 0.15) is 44.0 Å². The molecule has 2 heterocycles. The molecule has 1 fully saturated rings. The number of aromatic nitrogens is 1. The van der Waals surface area contributed by atoms with Gasteiger partial charge < -0.3 is 19.7 Å². The second kappa shape index (κ2) is 7.60. The first kappa shape index (κ1) is 20.7. The molecule has 1 saturated heterocycles. The Morgan fingerprint density at radius 1 is 1.43 bits per heavy atom. The third kappa shape index (κ3) is 3.66. The van der Waals surface area contributed by atoms with E-state index in [1.807, 2.05) is 39.0 Å². The van der Waals surface area contributed by atoms with Crippen LogP contribution in [0.4, 0.5) is 4.79 Å². The summed E-state index contributed by atoms with van der Waals surface area (Å²) in [5.41, 5.74) is 3.31. The van der Waals surface area contributed by atoms with Crippen molar-refractivity contribution in [3.05, 3.63) is 35.0 Å². The number of alkyl carbamates (subject to hydrolysis) is 1. The number of nitriles is 1. The quantitative estimate of drug-likeness (QED) is 0.809. The standard InChI is InChI=1S/C23H30N4O3/c1-14(2)30-22(28)25-16-10-18-17-9-15(12-24)5-6-19(17)27(20(18)11-16)13-21-23(3,29)7-8-26(21)4/h5-6,9,14,16,21,29H,7-8,10-11,13H2,1-4H3,(H,25,28)/t16-,21-,23+/m0/s1. The van der Waals surface area contributed by atoms with Gasteiger partial charge in [-0.25, -0.2) is 4.79 Å². The number of nitrogens with zero attached hydrogens (tertiary/aromatic N) is 3. The number of nitrogens with one attached hydrogen (secondary N) is 1. The van der Waals surface area contributed by atoms with Crippen molar-refractivity contribution in [2.45, 2.75) is 70.4 Å². The molecule has 160 valence electrons. The van der Waals surface area contributed by atoms with Gasteiger partial charge in [0.15, 0.2) is 0 Å². The molecule has 1 aromatic heterocycles. The van der Waals surface area contributed by atoms with Gasteiger partial charge in [0.25, 0.3) is 0 Å². The fraction of sp³-hybridized carbons (Fsp3) is 0.565. The minimum atomic E-state index is -0.748. The Bertz CT molecular complexity index is 1020. The summed E-state index contributed by atoms with van der Waals surface area (Å²) >= 11 is 0. The smallest absolute Gasteiger partial charge is 0.407 e. The summed E-state index contributed by atoms with van der Waals surface area (Å²) in [5.74, 6) is 0. The van der Waals surface area contributed by atoms with Gasteiger partial charge in [-0.3, -0.25) is 4.90 Å². The summed E-state index contributed by atoms with van der Waals surface area (Å²) in [5, 5.41) is 24.3. The lowest BCUT2D eigenvalue weighted by atomic mass is 9.97. The fourth-order valence-corrected chi connectivity index (χ4v) is 4.99. The minimum Gasteiger partial charge on any atom is -0.447 e. The second-order valence-corrected chi connectivity index (χ2v) is 9.19. The predicted octanol–water partition coefficient (Wildman–Crippen LogP) is 2.57. The third-order valence-electron chi connectivity index (χ3n) is 6.55. The fourth-order valence-electron chi connectivity index (χ4n) is 4.99. The van der Waals surface area contributed by atoms with Gasteiger partial charge >= 0.3 is 6.09 Å². The molecule has 2 aliphatic rings. The first-order valence-corrected chi connectivity index (χ1v) is 10.6. The lowest BCUT2D eigenvalue weighted by molar-refractivity contribution is 0.0190. The summed E-state index contributed by atoms with van der Waals surface area (Å²) in [6, 6.07) is 7.99. The van der Waals surface area contributed by atoms with Crippen molar-refractivity contribution in [3.63, 3.8) is 0 Å². The van der Waals surface area contributed by atoms with E-state index in [2.05, 4.69) is 27.9 Å². The molecule has 0 spiro atoms. The van der Waals surface area contributed by atoms with Crippen molar-refractivity contribution >= 4 is 17.0 Å². The van der Waals surface area contributed by atoms with Gasteiger partial charge in [0.05, 0.1) is 29.4 Å². The summed E-state index contributed by atoms with van der Waals surface area (Å²) in [7, 11) is 2.05. The topological polar surface area (TPSA) is 90.5 Å². The Balaban J connectivity index is 1.69. The van der Waals surface area contributed by atoms with Gasteiger partial charge in [-0.05, 0) is 64.4 Å². The molecule has 4 rings (SSSR count). The maximum Gasteiger partial charge on any atom is 0.407 e. The number of amides is 1. The number of benzene rings is 1. The van der Waals surface area contributed by atoms with Gasteiger partial charge in [-0.15, -0.1) is 0 Å². The zero-order valence-corrected chi connectivity index (χ0v) is 18.1. The van der Waals surface area contributed by atoms with E-state index in [9.17, 15) is 15.2 Å². The monoisotopic (exact) mass is 410 g/mol. The molecule has 1 aromatic carbocycles. The van der Waals surface area contributed by atoms with E-state index >= 15 is 0 Å². The molecule has 7 heteroatoms. The van der Waals surface area contributed by atoms with Crippen molar-refractivity contribution in [2.75, 3.05) is 13.6 Å². The highest BCUT2D eigenvalue weighted by Crippen LogP contribution is 2.36. The molecule has 7 nitrogen and oxygen atoms in total. The zero-order chi connectivity index (χ0) is 21.6. The number of hydrogen-bond donors (Lipinski definition) is 2. The van der Waals surface area contributed by atoms with Crippen molar-refractivity contribution in [1.29, 1.82) is 5.26 Å². The molecular weight excluding hydrogens is 380 g/mol. The SMILES string of the molecule is CC(C)OC(=O)N[C@H]1Cc2c(n(C[C@@H]3N(C)CC[C@@]3(C)O)c3ccc(C#N)cc23)C1. The Kier molecular flexibility index (Phi) is 5.25. The maximum absolute atomic E-state index is 12.1. The predicted molar refractivity (Wildman–Crippen MR) is 114 cm³/mol. The molecule has 1 aliphatic heterocycles. The largest absolute Gasteiger partial charge is 0.447 e. The van der Waals surface area contributed by atoms with Crippen LogP contribution < -0.4 is 5.32 Å². The Morgan fingerprint density at radius 3 is 2.83 bits per heavy atom. The lowest BCUT2D eigenvalue weighted by Gasteiger charge is -2.31. The number of likely N-dealkylation sites (tertiary alicyclic amines) is 1. The van der Waals surface area contributed by atoms with Crippen LogP contribution in [-0.2, 0) is 24.1 Å². The lowest BCUT2D eigenvalue weighted by Crippen LogP contribution is -2.44. The van der Waals surface area contributed by atoms with E-state index in [4.69, 9.17) is 4.74 Å². The van der Waals surface area contributed by atoms with E-state index < -0.39 is 11.7 Å². The number of hydrogen-bond acceptors (Lipinski definition) is 5. The number of carbonyl (C=O) groups excluding carboxylic acids is 1. The van der Waals surface area contributed by atoms with Crippen molar-refractivity contribution in [3.8, 4) is 6.07 Å². The van der Waals surface area contributed by atoms with Crippen LogP contribution >= 0.6 is 0 Å². The number of fused-ring (bicyclic) bond motifs is 3. The highest BCUT2D eigenvalue weighted by molar-refractivity contribution is 5.88. The Hall–Kier alpha value is -2.56. The molecule has 2 aromatic rings. The van der Waals surface area contributed by atoms with Crippen molar-refractivity contribution < 1.29 is 14.6 Å². The number of aliphatic hydroxyl groups is 1. The van der Waals surface area contributed by atoms with E-state index in [1.165, 1.54) is 11.3 Å². The summed E-state index contributed by atoms with van der Waals surface area (Å²) in [4.78, 5) is 14.3. The van der Waals surface area contributed by atoms with Gasteiger partial charge in [0, 0.05) is 42.1 Å². The van der Waals surface area contributed by atoms with E-state index in [1.54, 1.807) is 0 Å². The van der Waals surface area contributed by atoms with Crippen LogP contribution in [0.5, 0.6) is 0 Å². The first-order chi connectivity index (χ1) is 14.2. The number of ether oxygens (including phenoxy) is 1. The highest BCUT2D eigenvalue weighted by Gasteiger charge is 2.42. The summed E-state index contributed by atoms with van der Waals surface area (Å²) in [6.07, 6.45) is 1.60. The molecule has 0 unspecified atom stereocenters. The molecular formula is C23H30N4O3. The number of likely N-dealkylation sites (N-methyl/N-ethyl adjacent to an activating group) is 1. The average molecular weight is 411 g/mol. The third-order valence-corrected chi connectivity index (χ3v) is 6.55. The molecule has 1 aliphatic carbocycles. The van der Waals surface area contributed by atoms with E-state index in [-0.39, 0.29) is 18.2 Å². The van der Waals surface area contributed by atoms with Crippen molar-refractivity contribution in [2.24, 2.45) is 0 Å². The van der Waals surface area contributed by atoms with Crippen LogP contribution in [0.3, 0.4) is 0 Å². The highest BCUT2D eigenvalue weighted by atomic mass is 16.6.